The molecular weight excluding hydrogens is 334 g/mol. The molecule has 0 aliphatic carbocycles. The highest BCUT2D eigenvalue weighted by atomic mass is 16.5. The first kappa shape index (κ1) is 18.6. The maximum Gasteiger partial charge on any atom is 0.332 e. The summed E-state index contributed by atoms with van der Waals surface area (Å²) in [6.45, 7) is 7.34. The summed E-state index contributed by atoms with van der Waals surface area (Å²) in [5.41, 5.74) is 1.54. The molecule has 0 bridgehead atoms. The molecule has 0 spiro atoms. The van der Waals surface area contributed by atoms with Crippen LogP contribution in [0.2, 0.25) is 0 Å². The van der Waals surface area contributed by atoms with Crippen molar-refractivity contribution in [1.29, 1.82) is 0 Å². The van der Waals surface area contributed by atoms with Crippen LogP contribution in [-0.4, -0.2) is 58.4 Å². The summed E-state index contributed by atoms with van der Waals surface area (Å²) in [7, 11) is 3.15. The van der Waals surface area contributed by atoms with Crippen LogP contribution in [0, 0.1) is 0 Å². The largest absolute Gasteiger partial charge is 0.384 e. The number of hydrogen-bond donors (Lipinski definition) is 1. The summed E-state index contributed by atoms with van der Waals surface area (Å²) >= 11 is 0. The Labute approximate surface area is 152 Å². The number of anilines is 1. The number of rotatable bonds is 6. The average Bonchev–Trinajstić information content (AvgIpc) is 2.68. The molecule has 0 aromatic carbocycles. The molecule has 2 aromatic heterocycles. The van der Waals surface area contributed by atoms with Crippen molar-refractivity contribution in [3.05, 3.63) is 32.6 Å². The predicted octanol–water partition coefficient (Wildman–Crippen LogP) is 0.329. The number of pyridine rings is 1. The molecule has 0 amide bonds. The van der Waals surface area contributed by atoms with E-state index in [2.05, 4.69) is 15.2 Å². The summed E-state index contributed by atoms with van der Waals surface area (Å²) in [6.07, 6.45) is 3.49. The molecule has 0 saturated carbocycles. The zero-order chi connectivity index (χ0) is 18.7. The Balaban J connectivity index is 1.86. The minimum absolute atomic E-state index is 0.304. The quantitative estimate of drug-likeness (QED) is 0.747. The molecule has 0 radical (unpaired) electrons. The summed E-state index contributed by atoms with van der Waals surface area (Å²) < 4.78 is 7.94. The Morgan fingerprint density at radius 3 is 2.62 bits per heavy atom. The van der Waals surface area contributed by atoms with Crippen molar-refractivity contribution in [2.45, 2.75) is 19.8 Å². The highest BCUT2D eigenvalue weighted by Gasteiger charge is 2.16. The van der Waals surface area contributed by atoms with E-state index in [0.29, 0.717) is 11.0 Å². The highest BCUT2D eigenvalue weighted by Crippen LogP contribution is 2.22. The minimum Gasteiger partial charge on any atom is -0.384 e. The van der Waals surface area contributed by atoms with Crippen molar-refractivity contribution in [1.82, 2.24) is 19.0 Å². The SMILES string of the molecule is CCc1cnc2c(c1NCCCN1CCOCC1)c(=O)n(C)c(=O)n2C. The molecule has 3 rings (SSSR count). The lowest BCUT2D eigenvalue weighted by Crippen LogP contribution is -2.38. The van der Waals surface area contributed by atoms with E-state index in [1.807, 2.05) is 6.92 Å². The van der Waals surface area contributed by atoms with E-state index in [9.17, 15) is 9.59 Å². The van der Waals surface area contributed by atoms with Crippen molar-refractivity contribution in [3.63, 3.8) is 0 Å². The fourth-order valence-corrected chi connectivity index (χ4v) is 3.38. The summed E-state index contributed by atoms with van der Waals surface area (Å²) in [5, 5.41) is 3.92. The number of aryl methyl sites for hydroxylation is 2. The maximum absolute atomic E-state index is 12.7. The van der Waals surface area contributed by atoms with E-state index in [0.717, 1.165) is 68.1 Å². The topological polar surface area (TPSA) is 81.4 Å². The van der Waals surface area contributed by atoms with Gasteiger partial charge < -0.3 is 10.1 Å². The standard InChI is InChI=1S/C18H27N5O3/c1-4-13-12-20-16-14(17(24)22(3)18(25)21(16)2)15(13)19-6-5-7-23-8-10-26-11-9-23/h12H,4-11H2,1-3H3,(H,19,20). The van der Waals surface area contributed by atoms with Crippen LogP contribution in [-0.2, 0) is 25.3 Å². The van der Waals surface area contributed by atoms with Crippen LogP contribution in [0.5, 0.6) is 0 Å². The van der Waals surface area contributed by atoms with E-state index < -0.39 is 0 Å². The number of morpholine rings is 1. The van der Waals surface area contributed by atoms with Gasteiger partial charge >= 0.3 is 5.69 Å². The fourth-order valence-electron chi connectivity index (χ4n) is 3.38. The van der Waals surface area contributed by atoms with Gasteiger partial charge in [-0.25, -0.2) is 9.78 Å². The minimum atomic E-state index is -0.363. The van der Waals surface area contributed by atoms with Gasteiger partial charge in [-0.2, -0.15) is 0 Å². The summed E-state index contributed by atoms with van der Waals surface area (Å²) in [5.74, 6) is 0. The molecule has 142 valence electrons. The molecule has 26 heavy (non-hydrogen) atoms. The number of nitrogens with one attached hydrogen (secondary N) is 1. The third-order valence-electron chi connectivity index (χ3n) is 4.98. The molecule has 1 fully saturated rings. The zero-order valence-corrected chi connectivity index (χ0v) is 15.7. The lowest BCUT2D eigenvalue weighted by molar-refractivity contribution is 0.0378. The van der Waals surface area contributed by atoms with Crippen LogP contribution in [0.15, 0.2) is 15.8 Å². The third kappa shape index (κ3) is 3.52. The first-order chi connectivity index (χ1) is 12.5. The lowest BCUT2D eigenvalue weighted by atomic mass is 10.1. The van der Waals surface area contributed by atoms with Crippen LogP contribution >= 0.6 is 0 Å². The van der Waals surface area contributed by atoms with E-state index in [1.165, 1.54) is 11.6 Å². The molecule has 1 N–H and O–H groups in total. The Kier molecular flexibility index (Phi) is 5.73. The molecule has 1 saturated heterocycles. The van der Waals surface area contributed by atoms with Crippen LogP contribution in [0.25, 0.3) is 11.0 Å². The van der Waals surface area contributed by atoms with Gasteiger partial charge in [-0.05, 0) is 24.9 Å². The van der Waals surface area contributed by atoms with Gasteiger partial charge in [0.2, 0.25) is 0 Å². The Morgan fingerprint density at radius 1 is 1.19 bits per heavy atom. The molecule has 8 nitrogen and oxygen atoms in total. The number of nitrogens with zero attached hydrogens (tertiary/aromatic N) is 4. The van der Waals surface area contributed by atoms with Gasteiger partial charge in [-0.1, -0.05) is 6.92 Å². The van der Waals surface area contributed by atoms with E-state index >= 15 is 0 Å². The molecule has 1 aliphatic rings. The number of ether oxygens (including phenoxy) is 1. The summed E-state index contributed by atoms with van der Waals surface area (Å²) in [6, 6.07) is 0. The Hall–Kier alpha value is -2.19. The van der Waals surface area contributed by atoms with Gasteiger partial charge in [0.15, 0.2) is 5.65 Å². The van der Waals surface area contributed by atoms with Gasteiger partial charge in [0, 0.05) is 39.9 Å². The number of hydrogen-bond acceptors (Lipinski definition) is 6. The van der Waals surface area contributed by atoms with E-state index in [4.69, 9.17) is 4.74 Å². The van der Waals surface area contributed by atoms with Gasteiger partial charge in [0.05, 0.1) is 18.9 Å². The normalized spacial score (nSPS) is 15.5. The summed E-state index contributed by atoms with van der Waals surface area (Å²) in [4.78, 5) is 31.6. The second-order valence-corrected chi connectivity index (χ2v) is 6.65. The average molecular weight is 361 g/mol. The van der Waals surface area contributed by atoms with Gasteiger partial charge in [0.1, 0.15) is 5.39 Å². The maximum atomic E-state index is 12.7. The number of aromatic nitrogens is 3. The third-order valence-corrected chi connectivity index (χ3v) is 4.98. The molecule has 0 atom stereocenters. The van der Waals surface area contributed by atoms with Gasteiger partial charge in [0.25, 0.3) is 5.56 Å². The fraction of sp³-hybridized carbons (Fsp3) is 0.611. The van der Waals surface area contributed by atoms with Crippen molar-refractivity contribution >= 4 is 16.7 Å². The Bertz CT molecular complexity index is 896. The number of fused-ring (bicyclic) bond motifs is 1. The van der Waals surface area contributed by atoms with Crippen LogP contribution in [0.1, 0.15) is 18.9 Å². The van der Waals surface area contributed by atoms with E-state index in [1.54, 1.807) is 13.2 Å². The van der Waals surface area contributed by atoms with Crippen LogP contribution < -0.4 is 16.6 Å². The van der Waals surface area contributed by atoms with Gasteiger partial charge in [-0.3, -0.25) is 18.8 Å². The van der Waals surface area contributed by atoms with Crippen molar-refractivity contribution in [3.8, 4) is 0 Å². The van der Waals surface area contributed by atoms with E-state index in [-0.39, 0.29) is 11.2 Å². The zero-order valence-electron chi connectivity index (χ0n) is 15.7. The monoisotopic (exact) mass is 361 g/mol. The first-order valence-corrected chi connectivity index (χ1v) is 9.16. The smallest absolute Gasteiger partial charge is 0.332 e. The van der Waals surface area contributed by atoms with Gasteiger partial charge in [-0.15, -0.1) is 0 Å². The van der Waals surface area contributed by atoms with Crippen molar-refractivity contribution in [2.24, 2.45) is 14.1 Å². The molecule has 1 aliphatic heterocycles. The van der Waals surface area contributed by atoms with Crippen LogP contribution in [0.4, 0.5) is 5.69 Å². The second kappa shape index (κ2) is 8.01. The Morgan fingerprint density at radius 2 is 1.92 bits per heavy atom. The molecule has 8 heteroatoms. The van der Waals surface area contributed by atoms with Crippen molar-refractivity contribution in [2.75, 3.05) is 44.7 Å². The molecule has 2 aromatic rings. The molecule has 3 heterocycles. The molecular formula is C18H27N5O3. The van der Waals surface area contributed by atoms with Crippen LogP contribution in [0.3, 0.4) is 0 Å². The van der Waals surface area contributed by atoms with Crippen molar-refractivity contribution < 1.29 is 4.74 Å². The first-order valence-electron chi connectivity index (χ1n) is 9.16. The lowest BCUT2D eigenvalue weighted by Gasteiger charge is -2.26. The second-order valence-electron chi connectivity index (χ2n) is 6.65. The molecule has 0 unspecified atom stereocenters. The highest BCUT2D eigenvalue weighted by molar-refractivity contribution is 5.90. The predicted molar refractivity (Wildman–Crippen MR) is 102 cm³/mol.